The Morgan fingerprint density at radius 2 is 2.14 bits per heavy atom. The maximum atomic E-state index is 14.3. The largest absolute Gasteiger partial charge is 0.491 e. The topological polar surface area (TPSA) is 80.8 Å². The average Bonchev–Trinajstić information content (AvgIpc) is 2.61. The zero-order valence-electron chi connectivity index (χ0n) is 15.6. The van der Waals surface area contributed by atoms with Crippen molar-refractivity contribution in [1.29, 1.82) is 0 Å². The summed E-state index contributed by atoms with van der Waals surface area (Å²) >= 11 is 0. The van der Waals surface area contributed by atoms with Crippen LogP contribution in [0.25, 0.3) is 0 Å². The molecule has 28 heavy (non-hydrogen) atoms. The molecule has 0 bridgehead atoms. The molecule has 2 aromatic rings. The summed E-state index contributed by atoms with van der Waals surface area (Å²) in [5.74, 6) is -0.282. The first kappa shape index (κ1) is 18.2. The zero-order chi connectivity index (χ0) is 19.8. The van der Waals surface area contributed by atoms with Gasteiger partial charge in [-0.05, 0) is 31.5 Å². The molecule has 2 amide bonds. The highest BCUT2D eigenvalue weighted by atomic mass is 19.1. The van der Waals surface area contributed by atoms with Gasteiger partial charge in [0.1, 0.15) is 17.3 Å². The number of anilines is 1. The molecule has 0 aliphatic carbocycles. The van der Waals surface area contributed by atoms with Crippen LogP contribution in [0.4, 0.5) is 10.1 Å². The summed E-state index contributed by atoms with van der Waals surface area (Å²) in [6, 6.07) is 4.41. The highest BCUT2D eigenvalue weighted by molar-refractivity contribution is 6.00. The lowest BCUT2D eigenvalue weighted by Gasteiger charge is -2.39. The molecular formula is C20H20FN3O4. The van der Waals surface area contributed by atoms with Crippen LogP contribution in [-0.4, -0.2) is 48.0 Å². The molecule has 1 N–H and O–H groups in total. The van der Waals surface area contributed by atoms with E-state index in [-0.39, 0.29) is 29.7 Å². The third kappa shape index (κ3) is 3.49. The summed E-state index contributed by atoms with van der Waals surface area (Å²) < 4.78 is 25.3. The Morgan fingerprint density at radius 1 is 1.36 bits per heavy atom. The fourth-order valence-electron chi connectivity index (χ4n) is 3.32. The monoisotopic (exact) mass is 385 g/mol. The van der Waals surface area contributed by atoms with Gasteiger partial charge < -0.3 is 19.7 Å². The minimum absolute atomic E-state index is 0.0810. The number of hydrogen-bond acceptors (Lipinski definition) is 5. The third-order valence-electron chi connectivity index (χ3n) is 4.85. The van der Waals surface area contributed by atoms with Gasteiger partial charge in [-0.1, -0.05) is 0 Å². The third-order valence-corrected chi connectivity index (χ3v) is 4.85. The van der Waals surface area contributed by atoms with E-state index >= 15 is 0 Å². The maximum Gasteiger partial charge on any atom is 0.262 e. The maximum absolute atomic E-state index is 14.3. The number of benzene rings is 1. The minimum Gasteiger partial charge on any atom is -0.491 e. The van der Waals surface area contributed by atoms with E-state index in [0.717, 1.165) is 23.1 Å². The lowest BCUT2D eigenvalue weighted by Crippen LogP contribution is -2.52. The van der Waals surface area contributed by atoms with Gasteiger partial charge in [0.15, 0.2) is 6.61 Å². The molecule has 1 saturated heterocycles. The van der Waals surface area contributed by atoms with Crippen LogP contribution in [-0.2, 0) is 4.79 Å². The van der Waals surface area contributed by atoms with Gasteiger partial charge in [0.2, 0.25) is 0 Å². The molecule has 0 spiro atoms. The first-order valence-corrected chi connectivity index (χ1v) is 9.02. The van der Waals surface area contributed by atoms with Crippen molar-refractivity contribution in [3.63, 3.8) is 0 Å². The molecule has 0 unspecified atom stereocenters. The number of aromatic nitrogens is 1. The SMILES string of the molecule is Cc1cc(C)c(OCC2CN(C(=O)c3cc4c(cc3F)OCC(=O)N4)C2)cn1. The fraction of sp³-hybridized carbons (Fsp3) is 0.350. The van der Waals surface area contributed by atoms with Gasteiger partial charge in [0, 0.05) is 30.8 Å². The molecule has 0 radical (unpaired) electrons. The van der Waals surface area contributed by atoms with Crippen LogP contribution in [0, 0.1) is 25.6 Å². The van der Waals surface area contributed by atoms with E-state index in [0.29, 0.717) is 25.4 Å². The molecule has 1 fully saturated rings. The number of fused-ring (bicyclic) bond motifs is 1. The van der Waals surface area contributed by atoms with Gasteiger partial charge in [-0.2, -0.15) is 0 Å². The Morgan fingerprint density at radius 3 is 2.89 bits per heavy atom. The number of hydrogen-bond donors (Lipinski definition) is 1. The number of carbonyl (C=O) groups excluding carboxylic acids is 2. The lowest BCUT2D eigenvalue weighted by molar-refractivity contribution is -0.118. The van der Waals surface area contributed by atoms with Crippen LogP contribution >= 0.6 is 0 Å². The molecule has 7 nitrogen and oxygen atoms in total. The number of rotatable bonds is 4. The number of ether oxygens (including phenoxy) is 2. The van der Waals surface area contributed by atoms with Gasteiger partial charge in [-0.25, -0.2) is 4.39 Å². The van der Waals surface area contributed by atoms with E-state index in [4.69, 9.17) is 9.47 Å². The number of aryl methyl sites for hydroxylation is 2. The number of nitrogens with one attached hydrogen (secondary N) is 1. The lowest BCUT2D eigenvalue weighted by atomic mass is 9.99. The normalized spacial score (nSPS) is 16.0. The van der Waals surface area contributed by atoms with E-state index in [1.54, 1.807) is 11.1 Å². The predicted octanol–water partition coefficient (Wildman–Crippen LogP) is 2.32. The second-order valence-electron chi connectivity index (χ2n) is 7.14. The summed E-state index contributed by atoms with van der Waals surface area (Å²) in [5, 5.41) is 2.59. The van der Waals surface area contributed by atoms with Crippen LogP contribution in [0.5, 0.6) is 11.5 Å². The standard InChI is InChI=1S/C20H20FN3O4/c1-11-3-12(2)22-6-18(11)27-9-13-7-24(8-13)20(26)14-4-16-17(5-15(14)21)28-10-19(25)23-16/h3-6,13H,7-10H2,1-2H3,(H,23,25). The average molecular weight is 385 g/mol. The number of halogens is 1. The van der Waals surface area contributed by atoms with E-state index in [1.807, 2.05) is 19.9 Å². The van der Waals surface area contributed by atoms with Crippen molar-refractivity contribution in [3.05, 3.63) is 47.0 Å². The Balaban J connectivity index is 1.36. The fourth-order valence-corrected chi connectivity index (χ4v) is 3.32. The molecular weight excluding hydrogens is 365 g/mol. The van der Waals surface area contributed by atoms with E-state index < -0.39 is 11.7 Å². The quantitative estimate of drug-likeness (QED) is 0.874. The molecule has 0 atom stereocenters. The molecule has 1 aromatic heterocycles. The van der Waals surface area contributed by atoms with Crippen molar-refractivity contribution < 1.29 is 23.5 Å². The zero-order valence-corrected chi connectivity index (χ0v) is 15.6. The summed E-state index contributed by atoms with van der Waals surface area (Å²) in [6.07, 6.45) is 1.70. The first-order valence-electron chi connectivity index (χ1n) is 9.02. The Hall–Kier alpha value is -3.16. The van der Waals surface area contributed by atoms with E-state index in [1.165, 1.54) is 6.07 Å². The number of likely N-dealkylation sites (tertiary alicyclic amines) is 1. The molecule has 2 aliphatic rings. The number of pyridine rings is 1. The molecule has 2 aliphatic heterocycles. The Kier molecular flexibility index (Phi) is 4.62. The molecule has 3 heterocycles. The number of amides is 2. The summed E-state index contributed by atoms with van der Waals surface area (Å²) in [4.78, 5) is 29.8. The summed E-state index contributed by atoms with van der Waals surface area (Å²) in [7, 11) is 0. The van der Waals surface area contributed by atoms with Gasteiger partial charge in [-0.15, -0.1) is 0 Å². The Bertz CT molecular complexity index is 957. The van der Waals surface area contributed by atoms with E-state index in [2.05, 4.69) is 10.3 Å². The second kappa shape index (κ2) is 7.10. The van der Waals surface area contributed by atoms with Crippen LogP contribution in [0.15, 0.2) is 24.4 Å². The molecule has 8 heteroatoms. The van der Waals surface area contributed by atoms with Gasteiger partial charge in [-0.3, -0.25) is 14.6 Å². The summed E-state index contributed by atoms with van der Waals surface area (Å²) in [6.45, 7) is 5.15. The molecule has 4 rings (SSSR count). The second-order valence-corrected chi connectivity index (χ2v) is 7.14. The van der Waals surface area contributed by atoms with Crippen LogP contribution in [0.3, 0.4) is 0 Å². The van der Waals surface area contributed by atoms with Gasteiger partial charge in [0.05, 0.1) is 24.1 Å². The van der Waals surface area contributed by atoms with Crippen LogP contribution in [0.1, 0.15) is 21.6 Å². The smallest absolute Gasteiger partial charge is 0.262 e. The van der Waals surface area contributed by atoms with E-state index in [9.17, 15) is 14.0 Å². The Labute approximate surface area is 161 Å². The highest BCUT2D eigenvalue weighted by Crippen LogP contribution is 2.32. The van der Waals surface area contributed by atoms with Crippen molar-refractivity contribution in [1.82, 2.24) is 9.88 Å². The predicted molar refractivity (Wildman–Crippen MR) is 99.1 cm³/mol. The highest BCUT2D eigenvalue weighted by Gasteiger charge is 2.34. The van der Waals surface area contributed by atoms with Crippen molar-refractivity contribution in [2.45, 2.75) is 13.8 Å². The molecule has 0 saturated carbocycles. The van der Waals surface area contributed by atoms with Crippen LogP contribution < -0.4 is 14.8 Å². The van der Waals surface area contributed by atoms with Gasteiger partial charge >= 0.3 is 0 Å². The number of nitrogens with zero attached hydrogens (tertiary/aromatic N) is 2. The van der Waals surface area contributed by atoms with Gasteiger partial charge in [0.25, 0.3) is 11.8 Å². The molecule has 146 valence electrons. The first-order chi connectivity index (χ1) is 13.4. The van der Waals surface area contributed by atoms with Crippen molar-refractivity contribution in [2.75, 3.05) is 31.6 Å². The van der Waals surface area contributed by atoms with Crippen LogP contribution in [0.2, 0.25) is 0 Å². The molecule has 1 aromatic carbocycles. The summed E-state index contributed by atoms with van der Waals surface area (Å²) in [5.41, 5.74) is 2.17. The van der Waals surface area contributed by atoms with Crippen molar-refractivity contribution >= 4 is 17.5 Å². The van der Waals surface area contributed by atoms with Crippen molar-refractivity contribution in [2.24, 2.45) is 5.92 Å². The number of carbonyl (C=O) groups is 2. The van der Waals surface area contributed by atoms with Crippen molar-refractivity contribution in [3.8, 4) is 11.5 Å². The minimum atomic E-state index is -0.666.